The first-order chi connectivity index (χ1) is 7.75. The predicted octanol–water partition coefficient (Wildman–Crippen LogP) is 3.01. The minimum atomic E-state index is 0.434. The summed E-state index contributed by atoms with van der Waals surface area (Å²) in [7, 11) is 0. The molecule has 2 rings (SSSR count). The molecule has 1 saturated heterocycles. The first kappa shape index (κ1) is 11.7. The smallest absolute Gasteiger partial charge is 0.0592 e. The van der Waals surface area contributed by atoms with Gasteiger partial charge < -0.3 is 15.8 Å². The molecule has 88 valence electrons. The first-order valence-corrected chi connectivity index (χ1v) is 6.45. The number of hydrogen-bond donors (Lipinski definition) is 2. The molecule has 1 fully saturated rings. The van der Waals surface area contributed by atoms with E-state index in [1.165, 1.54) is 12.8 Å². The topological polar surface area (TPSA) is 47.3 Å². The van der Waals surface area contributed by atoms with E-state index in [9.17, 15) is 0 Å². The number of halogens is 1. The van der Waals surface area contributed by atoms with E-state index in [1.807, 2.05) is 18.2 Å². The van der Waals surface area contributed by atoms with Crippen LogP contribution in [0.4, 0.5) is 11.4 Å². The second-order valence-corrected chi connectivity index (χ2v) is 5.00. The molecule has 1 atom stereocenters. The van der Waals surface area contributed by atoms with E-state index < -0.39 is 0 Å². The van der Waals surface area contributed by atoms with Gasteiger partial charge >= 0.3 is 0 Å². The van der Waals surface area contributed by atoms with Crippen molar-refractivity contribution in [3.05, 3.63) is 22.7 Å². The van der Waals surface area contributed by atoms with Gasteiger partial charge in [-0.15, -0.1) is 0 Å². The molecule has 16 heavy (non-hydrogen) atoms. The third-order valence-electron chi connectivity index (χ3n) is 2.82. The van der Waals surface area contributed by atoms with Crippen LogP contribution in [0.25, 0.3) is 0 Å². The molecule has 1 aliphatic heterocycles. The Bertz CT molecular complexity index is 351. The Morgan fingerprint density at radius 1 is 1.50 bits per heavy atom. The van der Waals surface area contributed by atoms with Gasteiger partial charge in [0.05, 0.1) is 17.5 Å². The van der Waals surface area contributed by atoms with E-state index in [4.69, 9.17) is 10.5 Å². The molecule has 3 nitrogen and oxygen atoms in total. The summed E-state index contributed by atoms with van der Waals surface area (Å²) in [5, 5.41) is 3.34. The minimum absolute atomic E-state index is 0.434. The second kappa shape index (κ2) is 5.55. The van der Waals surface area contributed by atoms with Crippen LogP contribution in [0.15, 0.2) is 22.7 Å². The lowest BCUT2D eigenvalue weighted by molar-refractivity contribution is 0.107. The molecular formula is C12H17BrN2O. The summed E-state index contributed by atoms with van der Waals surface area (Å²) >= 11 is 3.39. The Labute approximate surface area is 104 Å². The summed E-state index contributed by atoms with van der Waals surface area (Å²) in [6.45, 7) is 1.83. The Kier molecular flexibility index (Phi) is 4.07. The summed E-state index contributed by atoms with van der Waals surface area (Å²) in [5.41, 5.74) is 7.67. The van der Waals surface area contributed by atoms with Crippen molar-refractivity contribution in [1.29, 1.82) is 0 Å². The highest BCUT2D eigenvalue weighted by Crippen LogP contribution is 2.23. The van der Waals surface area contributed by atoms with Gasteiger partial charge in [-0.3, -0.25) is 0 Å². The average molecular weight is 285 g/mol. The zero-order chi connectivity index (χ0) is 11.4. The van der Waals surface area contributed by atoms with Crippen LogP contribution in [0.2, 0.25) is 0 Å². The molecule has 0 saturated carbocycles. The van der Waals surface area contributed by atoms with Crippen molar-refractivity contribution in [2.45, 2.75) is 25.4 Å². The fourth-order valence-corrected chi connectivity index (χ4v) is 2.31. The average Bonchev–Trinajstić information content (AvgIpc) is 2.74. The number of anilines is 2. The monoisotopic (exact) mass is 284 g/mol. The minimum Gasteiger partial charge on any atom is -0.397 e. The molecule has 1 aromatic carbocycles. The molecule has 1 aliphatic rings. The molecule has 0 aromatic heterocycles. The molecule has 0 amide bonds. The van der Waals surface area contributed by atoms with E-state index in [2.05, 4.69) is 21.2 Å². The Balaban J connectivity index is 1.80. The third kappa shape index (κ3) is 3.12. The van der Waals surface area contributed by atoms with Crippen molar-refractivity contribution < 1.29 is 4.74 Å². The Hall–Kier alpha value is -0.740. The normalized spacial score (nSPS) is 19.9. The Morgan fingerprint density at radius 2 is 2.38 bits per heavy atom. The fourth-order valence-electron chi connectivity index (χ4n) is 1.93. The standard InChI is InChI=1S/C12H17BrN2O/c13-9-3-4-12(11(14)8-9)15-6-5-10-2-1-7-16-10/h3-4,8,10,15H,1-2,5-7,14H2. The number of rotatable bonds is 4. The molecule has 0 bridgehead atoms. The summed E-state index contributed by atoms with van der Waals surface area (Å²) in [6, 6.07) is 5.90. The van der Waals surface area contributed by atoms with Gasteiger partial charge in [-0.1, -0.05) is 15.9 Å². The van der Waals surface area contributed by atoms with Crippen LogP contribution in [0.3, 0.4) is 0 Å². The van der Waals surface area contributed by atoms with E-state index in [0.717, 1.165) is 35.4 Å². The van der Waals surface area contributed by atoms with Crippen molar-refractivity contribution >= 4 is 27.3 Å². The maximum absolute atomic E-state index is 5.89. The van der Waals surface area contributed by atoms with Crippen LogP contribution in [-0.4, -0.2) is 19.3 Å². The van der Waals surface area contributed by atoms with Gasteiger partial charge in [-0.25, -0.2) is 0 Å². The van der Waals surface area contributed by atoms with E-state index in [0.29, 0.717) is 6.10 Å². The molecule has 1 heterocycles. The molecule has 1 aromatic rings. The fraction of sp³-hybridized carbons (Fsp3) is 0.500. The molecule has 1 unspecified atom stereocenters. The summed E-state index contributed by atoms with van der Waals surface area (Å²) in [4.78, 5) is 0. The van der Waals surface area contributed by atoms with Crippen LogP contribution < -0.4 is 11.1 Å². The molecule has 0 spiro atoms. The van der Waals surface area contributed by atoms with Gasteiger partial charge in [-0.2, -0.15) is 0 Å². The summed E-state index contributed by atoms with van der Waals surface area (Å²) in [6.07, 6.45) is 3.88. The number of nitrogens with two attached hydrogens (primary N) is 1. The van der Waals surface area contributed by atoms with Gasteiger partial charge in [0, 0.05) is 17.6 Å². The molecule has 4 heteroatoms. The van der Waals surface area contributed by atoms with Gasteiger partial charge in [0.15, 0.2) is 0 Å². The maximum Gasteiger partial charge on any atom is 0.0592 e. The van der Waals surface area contributed by atoms with Gasteiger partial charge in [0.2, 0.25) is 0 Å². The first-order valence-electron chi connectivity index (χ1n) is 5.66. The molecule has 3 N–H and O–H groups in total. The van der Waals surface area contributed by atoms with Gasteiger partial charge in [-0.05, 0) is 37.5 Å². The van der Waals surface area contributed by atoms with Crippen molar-refractivity contribution in [2.24, 2.45) is 0 Å². The SMILES string of the molecule is Nc1cc(Br)ccc1NCCC1CCCO1. The predicted molar refractivity (Wildman–Crippen MR) is 70.6 cm³/mol. The van der Waals surface area contributed by atoms with Crippen molar-refractivity contribution in [3.63, 3.8) is 0 Å². The number of nitrogens with one attached hydrogen (secondary N) is 1. The number of hydrogen-bond acceptors (Lipinski definition) is 3. The highest BCUT2D eigenvalue weighted by atomic mass is 79.9. The molecule has 0 radical (unpaired) electrons. The number of nitrogen functional groups attached to an aromatic ring is 1. The molecular weight excluding hydrogens is 268 g/mol. The highest BCUT2D eigenvalue weighted by Gasteiger charge is 2.14. The Morgan fingerprint density at radius 3 is 3.06 bits per heavy atom. The number of ether oxygens (including phenoxy) is 1. The van der Waals surface area contributed by atoms with Gasteiger partial charge in [0.25, 0.3) is 0 Å². The van der Waals surface area contributed by atoms with E-state index in [-0.39, 0.29) is 0 Å². The lowest BCUT2D eigenvalue weighted by Gasteiger charge is -2.12. The lowest BCUT2D eigenvalue weighted by atomic mass is 10.2. The largest absolute Gasteiger partial charge is 0.397 e. The zero-order valence-electron chi connectivity index (χ0n) is 9.21. The van der Waals surface area contributed by atoms with Crippen LogP contribution in [-0.2, 0) is 4.74 Å². The van der Waals surface area contributed by atoms with Crippen LogP contribution >= 0.6 is 15.9 Å². The van der Waals surface area contributed by atoms with Crippen molar-refractivity contribution in [1.82, 2.24) is 0 Å². The highest BCUT2D eigenvalue weighted by molar-refractivity contribution is 9.10. The van der Waals surface area contributed by atoms with Crippen molar-refractivity contribution in [3.8, 4) is 0 Å². The zero-order valence-corrected chi connectivity index (χ0v) is 10.8. The third-order valence-corrected chi connectivity index (χ3v) is 3.31. The van der Waals surface area contributed by atoms with E-state index in [1.54, 1.807) is 0 Å². The van der Waals surface area contributed by atoms with Crippen LogP contribution in [0.5, 0.6) is 0 Å². The van der Waals surface area contributed by atoms with Crippen molar-refractivity contribution in [2.75, 3.05) is 24.2 Å². The van der Waals surface area contributed by atoms with Crippen LogP contribution in [0.1, 0.15) is 19.3 Å². The van der Waals surface area contributed by atoms with Gasteiger partial charge in [0.1, 0.15) is 0 Å². The summed E-state index contributed by atoms with van der Waals surface area (Å²) < 4.78 is 6.57. The number of benzene rings is 1. The maximum atomic E-state index is 5.89. The van der Waals surface area contributed by atoms with E-state index >= 15 is 0 Å². The quantitative estimate of drug-likeness (QED) is 0.836. The summed E-state index contributed by atoms with van der Waals surface area (Å²) in [5.74, 6) is 0. The van der Waals surface area contributed by atoms with Crippen LogP contribution in [0, 0.1) is 0 Å². The lowest BCUT2D eigenvalue weighted by Crippen LogP contribution is -2.13. The molecule has 0 aliphatic carbocycles. The second-order valence-electron chi connectivity index (χ2n) is 4.08.